The second kappa shape index (κ2) is 4.12. The van der Waals surface area contributed by atoms with Gasteiger partial charge in [-0.1, -0.05) is 23.2 Å². The number of benzene rings is 1. The van der Waals surface area contributed by atoms with Crippen LogP contribution in [0.3, 0.4) is 0 Å². The van der Waals surface area contributed by atoms with E-state index in [1.54, 1.807) is 16.7 Å². The summed E-state index contributed by atoms with van der Waals surface area (Å²) in [4.78, 5) is 0. The molecular weight excluding hydrogens is 301 g/mol. The van der Waals surface area contributed by atoms with Crippen molar-refractivity contribution >= 4 is 39.1 Å². The fourth-order valence-corrected chi connectivity index (χ4v) is 1.96. The molecule has 0 radical (unpaired) electrons. The number of hydrogen-bond donors (Lipinski definition) is 0. The number of hydrogen-bond acceptors (Lipinski definition) is 2. The Morgan fingerprint density at radius 1 is 1.27 bits per heavy atom. The predicted octanol–water partition coefficient (Wildman–Crippen LogP) is 3.55. The van der Waals surface area contributed by atoms with Crippen molar-refractivity contribution < 1.29 is 0 Å². The van der Waals surface area contributed by atoms with Gasteiger partial charge in [-0.15, -0.1) is 10.2 Å². The summed E-state index contributed by atoms with van der Waals surface area (Å²) < 4.78 is 2.46. The summed E-state index contributed by atoms with van der Waals surface area (Å²) in [6, 6.07) is 5.27. The van der Waals surface area contributed by atoms with Crippen LogP contribution in [0.2, 0.25) is 10.0 Å². The van der Waals surface area contributed by atoms with Crippen LogP contribution >= 0.6 is 39.1 Å². The first-order valence-electron chi connectivity index (χ1n) is 4.10. The topological polar surface area (TPSA) is 30.7 Å². The Labute approximate surface area is 105 Å². The van der Waals surface area contributed by atoms with Gasteiger partial charge in [0.2, 0.25) is 0 Å². The molecule has 6 heteroatoms. The molecule has 0 aliphatic carbocycles. The molecule has 0 bridgehead atoms. The van der Waals surface area contributed by atoms with Crippen LogP contribution in [0, 0.1) is 0 Å². The SMILES string of the molecule is Cn1c(Br)nnc1-c1ccc(Cl)cc1Cl. The lowest BCUT2D eigenvalue weighted by molar-refractivity contribution is 0.889. The summed E-state index contributed by atoms with van der Waals surface area (Å²) in [5.41, 5.74) is 0.807. The van der Waals surface area contributed by atoms with Crippen molar-refractivity contribution in [3.8, 4) is 11.4 Å². The number of nitrogens with zero attached hydrogens (tertiary/aromatic N) is 3. The Bertz CT molecular complexity index is 510. The molecule has 0 saturated heterocycles. The first-order chi connectivity index (χ1) is 7.09. The van der Waals surface area contributed by atoms with Gasteiger partial charge in [0.1, 0.15) is 0 Å². The van der Waals surface area contributed by atoms with Crippen molar-refractivity contribution in [2.75, 3.05) is 0 Å². The van der Waals surface area contributed by atoms with Crippen LogP contribution in [0.25, 0.3) is 11.4 Å². The summed E-state index contributed by atoms with van der Waals surface area (Å²) in [5, 5.41) is 9.07. The van der Waals surface area contributed by atoms with E-state index in [0.29, 0.717) is 20.6 Å². The van der Waals surface area contributed by atoms with Crippen LogP contribution < -0.4 is 0 Å². The van der Waals surface area contributed by atoms with Crippen molar-refractivity contribution in [2.45, 2.75) is 0 Å². The van der Waals surface area contributed by atoms with Crippen LogP contribution in [-0.4, -0.2) is 14.8 Å². The molecule has 0 unspecified atom stereocenters. The second-order valence-electron chi connectivity index (χ2n) is 2.98. The van der Waals surface area contributed by atoms with E-state index >= 15 is 0 Å². The maximum absolute atomic E-state index is 6.06. The Morgan fingerprint density at radius 3 is 2.53 bits per heavy atom. The highest BCUT2D eigenvalue weighted by atomic mass is 79.9. The lowest BCUT2D eigenvalue weighted by atomic mass is 10.2. The molecule has 0 saturated carbocycles. The third-order valence-electron chi connectivity index (χ3n) is 1.99. The molecule has 15 heavy (non-hydrogen) atoms. The predicted molar refractivity (Wildman–Crippen MR) is 64.2 cm³/mol. The van der Waals surface area contributed by atoms with Crippen LogP contribution in [0.5, 0.6) is 0 Å². The van der Waals surface area contributed by atoms with Gasteiger partial charge in [-0.3, -0.25) is 0 Å². The van der Waals surface area contributed by atoms with E-state index in [1.807, 2.05) is 13.1 Å². The maximum Gasteiger partial charge on any atom is 0.200 e. The molecule has 0 amide bonds. The first-order valence-corrected chi connectivity index (χ1v) is 5.65. The van der Waals surface area contributed by atoms with Crippen molar-refractivity contribution in [3.05, 3.63) is 33.0 Å². The van der Waals surface area contributed by atoms with Gasteiger partial charge in [0.25, 0.3) is 0 Å². The van der Waals surface area contributed by atoms with Gasteiger partial charge in [-0.2, -0.15) is 0 Å². The van der Waals surface area contributed by atoms with Crippen LogP contribution in [0.4, 0.5) is 0 Å². The Hall–Kier alpha value is -0.580. The van der Waals surface area contributed by atoms with E-state index in [-0.39, 0.29) is 0 Å². The number of halogens is 3. The summed E-state index contributed by atoms with van der Waals surface area (Å²) in [6.45, 7) is 0. The Kier molecular flexibility index (Phi) is 3.00. The van der Waals surface area contributed by atoms with E-state index in [9.17, 15) is 0 Å². The molecule has 2 rings (SSSR count). The molecule has 2 aromatic rings. The van der Waals surface area contributed by atoms with Gasteiger partial charge in [0, 0.05) is 17.6 Å². The van der Waals surface area contributed by atoms with Gasteiger partial charge in [-0.05, 0) is 34.1 Å². The van der Waals surface area contributed by atoms with E-state index in [4.69, 9.17) is 23.2 Å². The summed E-state index contributed by atoms with van der Waals surface area (Å²) in [7, 11) is 1.85. The van der Waals surface area contributed by atoms with Gasteiger partial charge >= 0.3 is 0 Å². The minimum atomic E-state index is 0.561. The molecule has 0 aliphatic rings. The molecule has 0 spiro atoms. The van der Waals surface area contributed by atoms with Crippen LogP contribution in [0.15, 0.2) is 22.9 Å². The van der Waals surface area contributed by atoms with E-state index in [0.717, 1.165) is 5.56 Å². The standard InChI is InChI=1S/C9H6BrCl2N3/c1-15-8(13-14-9(15)10)6-3-2-5(11)4-7(6)12/h2-4H,1H3. The quantitative estimate of drug-likeness (QED) is 0.806. The summed E-state index contributed by atoms with van der Waals surface area (Å²) >= 11 is 15.1. The number of rotatable bonds is 1. The fourth-order valence-electron chi connectivity index (χ4n) is 1.22. The molecule has 1 aromatic carbocycles. The highest BCUT2D eigenvalue weighted by Crippen LogP contribution is 2.29. The third kappa shape index (κ3) is 2.02. The first kappa shape index (κ1) is 10.9. The number of aromatic nitrogens is 3. The molecule has 3 nitrogen and oxygen atoms in total. The highest BCUT2D eigenvalue weighted by Gasteiger charge is 2.11. The zero-order chi connectivity index (χ0) is 11.0. The van der Waals surface area contributed by atoms with Gasteiger partial charge in [-0.25, -0.2) is 0 Å². The molecule has 1 heterocycles. The molecular formula is C9H6BrCl2N3. The average Bonchev–Trinajstić information content (AvgIpc) is 2.49. The van der Waals surface area contributed by atoms with E-state index in [2.05, 4.69) is 26.1 Å². The van der Waals surface area contributed by atoms with Gasteiger partial charge in [0.05, 0.1) is 5.02 Å². The smallest absolute Gasteiger partial charge is 0.200 e. The highest BCUT2D eigenvalue weighted by molar-refractivity contribution is 9.10. The fraction of sp³-hybridized carbons (Fsp3) is 0.111. The summed E-state index contributed by atoms with van der Waals surface area (Å²) in [5.74, 6) is 0.698. The Morgan fingerprint density at radius 2 is 2.00 bits per heavy atom. The van der Waals surface area contributed by atoms with E-state index in [1.165, 1.54) is 0 Å². The minimum Gasteiger partial charge on any atom is -0.305 e. The van der Waals surface area contributed by atoms with E-state index < -0.39 is 0 Å². The monoisotopic (exact) mass is 305 g/mol. The van der Waals surface area contributed by atoms with Gasteiger partial charge in [0.15, 0.2) is 10.6 Å². The minimum absolute atomic E-state index is 0.561. The molecule has 0 fully saturated rings. The molecule has 1 aromatic heterocycles. The molecule has 0 atom stereocenters. The largest absolute Gasteiger partial charge is 0.305 e. The Balaban J connectivity index is 2.59. The van der Waals surface area contributed by atoms with Crippen LogP contribution in [-0.2, 0) is 7.05 Å². The van der Waals surface area contributed by atoms with Crippen LogP contribution in [0.1, 0.15) is 0 Å². The van der Waals surface area contributed by atoms with Crippen molar-refractivity contribution in [1.82, 2.24) is 14.8 Å². The molecule has 78 valence electrons. The molecule has 0 aliphatic heterocycles. The second-order valence-corrected chi connectivity index (χ2v) is 4.53. The normalized spacial score (nSPS) is 10.7. The van der Waals surface area contributed by atoms with Crippen molar-refractivity contribution in [3.63, 3.8) is 0 Å². The lowest BCUT2D eigenvalue weighted by Gasteiger charge is -2.03. The average molecular weight is 307 g/mol. The molecule has 0 N–H and O–H groups in total. The van der Waals surface area contributed by atoms with Crippen molar-refractivity contribution in [1.29, 1.82) is 0 Å². The third-order valence-corrected chi connectivity index (χ3v) is 3.23. The van der Waals surface area contributed by atoms with Crippen molar-refractivity contribution in [2.24, 2.45) is 7.05 Å². The maximum atomic E-state index is 6.06. The lowest BCUT2D eigenvalue weighted by Crippen LogP contribution is -1.93. The van der Waals surface area contributed by atoms with Gasteiger partial charge < -0.3 is 4.57 Å². The zero-order valence-corrected chi connectivity index (χ0v) is 10.8. The zero-order valence-electron chi connectivity index (χ0n) is 7.71. The summed E-state index contributed by atoms with van der Waals surface area (Å²) in [6.07, 6.45) is 0.